The number of pyridine rings is 1. The molecule has 0 aliphatic rings. The van der Waals surface area contributed by atoms with E-state index in [0.717, 1.165) is 30.4 Å². The van der Waals surface area contributed by atoms with Crippen LogP contribution in [0.4, 0.5) is 10.5 Å². The van der Waals surface area contributed by atoms with Gasteiger partial charge in [0.1, 0.15) is 18.3 Å². The van der Waals surface area contributed by atoms with Crippen LogP contribution in [0, 0.1) is 12.8 Å². The van der Waals surface area contributed by atoms with E-state index in [2.05, 4.69) is 24.5 Å². The lowest BCUT2D eigenvalue weighted by atomic mass is 9.84. The predicted molar refractivity (Wildman–Crippen MR) is 172 cm³/mol. The largest absolute Gasteiger partial charge is 0.481 e. The fourth-order valence-corrected chi connectivity index (χ4v) is 4.74. The normalized spacial score (nSPS) is 12.0. The van der Waals surface area contributed by atoms with Crippen LogP contribution in [0.25, 0.3) is 0 Å². The number of hydrogen-bond acceptors (Lipinski definition) is 5. The highest BCUT2D eigenvalue weighted by Gasteiger charge is 2.29. The molecule has 0 spiro atoms. The Hall–Kier alpha value is -4.40. The van der Waals surface area contributed by atoms with Crippen LogP contribution < -0.4 is 16.2 Å². The Morgan fingerprint density at radius 2 is 1.61 bits per heavy atom. The summed E-state index contributed by atoms with van der Waals surface area (Å²) in [5, 5.41) is 15.0. The number of unbranched alkanes of at least 4 members (excludes halogenated alkanes) is 1. The minimum absolute atomic E-state index is 0.0428. The summed E-state index contributed by atoms with van der Waals surface area (Å²) in [5.74, 6) is -0.855. The molecule has 0 fully saturated rings. The molecule has 1 atom stereocenters. The van der Waals surface area contributed by atoms with Gasteiger partial charge in [-0.3, -0.25) is 14.4 Å². The van der Waals surface area contributed by atoms with E-state index >= 15 is 0 Å². The van der Waals surface area contributed by atoms with Gasteiger partial charge in [0.25, 0.3) is 5.56 Å². The lowest BCUT2D eigenvalue weighted by Gasteiger charge is -2.21. The van der Waals surface area contributed by atoms with Crippen molar-refractivity contribution in [3.63, 3.8) is 0 Å². The molecule has 0 saturated carbocycles. The number of carbonyl (C=O) groups excluding carboxylic acids is 2. The summed E-state index contributed by atoms with van der Waals surface area (Å²) in [6.45, 7) is 9.97. The molecule has 0 saturated heterocycles. The van der Waals surface area contributed by atoms with Gasteiger partial charge >= 0.3 is 12.1 Å². The highest BCUT2D eigenvalue weighted by Crippen LogP contribution is 2.24. The first-order valence-corrected chi connectivity index (χ1v) is 15.2. The number of rotatable bonds is 15. The van der Waals surface area contributed by atoms with Crippen LogP contribution in [0.15, 0.2) is 71.7 Å². The quantitative estimate of drug-likeness (QED) is 0.177. The number of ether oxygens (including phenoxy) is 1. The Labute approximate surface area is 259 Å². The maximum absolute atomic E-state index is 13.6. The van der Waals surface area contributed by atoms with Crippen molar-refractivity contribution in [3.05, 3.63) is 99.5 Å². The fraction of sp³-hybridized carbons (Fsp3) is 0.429. The zero-order valence-electron chi connectivity index (χ0n) is 26.4. The molecule has 1 aromatic heterocycles. The molecule has 1 heterocycles. The van der Waals surface area contributed by atoms with Gasteiger partial charge in [0.05, 0.1) is 5.41 Å². The number of nitrogens with zero attached hydrogens (tertiary/aromatic N) is 1. The van der Waals surface area contributed by atoms with Crippen molar-refractivity contribution < 1.29 is 24.2 Å². The monoisotopic (exact) mass is 603 g/mol. The number of nitrogens with one attached hydrogen (secondary N) is 2. The average Bonchev–Trinajstić information content (AvgIpc) is 2.99. The van der Waals surface area contributed by atoms with Crippen molar-refractivity contribution in [2.75, 3.05) is 5.32 Å². The minimum atomic E-state index is -1.04. The number of carboxylic acid groups (broad SMARTS) is 1. The zero-order chi connectivity index (χ0) is 32.3. The van der Waals surface area contributed by atoms with Crippen molar-refractivity contribution in [2.24, 2.45) is 5.92 Å². The molecule has 9 heteroatoms. The topological polar surface area (TPSA) is 127 Å². The van der Waals surface area contributed by atoms with Crippen molar-refractivity contribution in [1.82, 2.24) is 9.88 Å². The first-order chi connectivity index (χ1) is 20.9. The average molecular weight is 604 g/mol. The Bertz CT molecular complexity index is 1460. The summed E-state index contributed by atoms with van der Waals surface area (Å²) >= 11 is 0. The van der Waals surface area contributed by atoms with E-state index in [1.54, 1.807) is 49.7 Å². The number of carbonyl (C=O) groups is 3. The molecular weight excluding hydrogens is 558 g/mol. The molecule has 0 bridgehead atoms. The Balaban J connectivity index is 1.75. The molecule has 236 valence electrons. The van der Waals surface area contributed by atoms with E-state index in [1.165, 1.54) is 0 Å². The van der Waals surface area contributed by atoms with E-state index < -0.39 is 29.4 Å². The van der Waals surface area contributed by atoms with E-state index in [9.17, 15) is 24.3 Å². The molecule has 0 radical (unpaired) electrons. The van der Waals surface area contributed by atoms with Crippen molar-refractivity contribution in [1.29, 1.82) is 0 Å². The number of anilines is 1. The third-order valence-electron chi connectivity index (χ3n) is 7.81. The molecular formula is C35H45N3O6. The molecule has 3 rings (SSSR count). The van der Waals surface area contributed by atoms with Crippen LogP contribution in [0.5, 0.6) is 0 Å². The second kappa shape index (κ2) is 15.9. The zero-order valence-corrected chi connectivity index (χ0v) is 26.4. The van der Waals surface area contributed by atoms with Crippen molar-refractivity contribution >= 4 is 23.7 Å². The van der Waals surface area contributed by atoms with Crippen LogP contribution in [0.1, 0.15) is 75.6 Å². The van der Waals surface area contributed by atoms with E-state index in [-0.39, 0.29) is 24.3 Å². The molecule has 3 N–H and O–H groups in total. The van der Waals surface area contributed by atoms with E-state index in [0.29, 0.717) is 30.0 Å². The maximum Gasteiger partial charge on any atom is 0.408 e. The van der Waals surface area contributed by atoms with Gasteiger partial charge in [-0.2, -0.15) is 0 Å². The van der Waals surface area contributed by atoms with E-state index in [1.807, 2.05) is 42.5 Å². The molecule has 2 aromatic carbocycles. The molecule has 3 aromatic rings. The number of carboxylic acids is 1. The summed E-state index contributed by atoms with van der Waals surface area (Å²) in [7, 11) is 0. The summed E-state index contributed by atoms with van der Waals surface area (Å²) in [6.07, 6.45) is 4.58. The van der Waals surface area contributed by atoms with Crippen molar-refractivity contribution in [2.45, 2.75) is 91.3 Å². The molecule has 9 nitrogen and oxygen atoms in total. The Kier molecular flexibility index (Phi) is 12.3. The summed E-state index contributed by atoms with van der Waals surface area (Å²) in [4.78, 5) is 51.2. The summed E-state index contributed by atoms with van der Waals surface area (Å²) in [5.41, 5.74) is 1.82. The van der Waals surface area contributed by atoms with Gasteiger partial charge in [-0.15, -0.1) is 0 Å². The number of alkyl carbamates (subject to hydrolysis) is 1. The highest BCUT2D eigenvalue weighted by molar-refractivity contribution is 5.97. The fourth-order valence-electron chi connectivity index (χ4n) is 4.74. The minimum Gasteiger partial charge on any atom is -0.481 e. The lowest BCUT2D eigenvalue weighted by molar-refractivity contribution is -0.142. The molecule has 44 heavy (non-hydrogen) atoms. The molecule has 1 unspecified atom stereocenters. The number of aryl methyl sites for hydroxylation is 3. The third-order valence-corrected chi connectivity index (χ3v) is 7.81. The predicted octanol–water partition coefficient (Wildman–Crippen LogP) is 6.21. The highest BCUT2D eigenvalue weighted by atomic mass is 16.5. The van der Waals surface area contributed by atoms with E-state index in [4.69, 9.17) is 4.74 Å². The van der Waals surface area contributed by atoms with Crippen LogP contribution in [-0.4, -0.2) is 33.7 Å². The maximum atomic E-state index is 13.6. The summed E-state index contributed by atoms with van der Waals surface area (Å²) < 4.78 is 6.98. The van der Waals surface area contributed by atoms with Gasteiger partial charge in [-0.05, 0) is 74.3 Å². The number of amides is 2. The second-order valence-electron chi connectivity index (χ2n) is 12.2. The smallest absolute Gasteiger partial charge is 0.408 e. The Morgan fingerprint density at radius 3 is 2.25 bits per heavy atom. The van der Waals surface area contributed by atoms with Gasteiger partial charge in [-0.1, -0.05) is 81.3 Å². The number of aromatic nitrogens is 1. The molecule has 0 aliphatic heterocycles. The van der Waals surface area contributed by atoms with Gasteiger partial charge in [0, 0.05) is 12.7 Å². The van der Waals surface area contributed by atoms with Gasteiger partial charge in [0.15, 0.2) is 0 Å². The lowest BCUT2D eigenvalue weighted by Crippen LogP contribution is -2.45. The van der Waals surface area contributed by atoms with Gasteiger partial charge < -0.3 is 25.0 Å². The van der Waals surface area contributed by atoms with Gasteiger partial charge in [0.2, 0.25) is 5.91 Å². The van der Waals surface area contributed by atoms with Crippen LogP contribution in [0.3, 0.4) is 0 Å². The second-order valence-corrected chi connectivity index (χ2v) is 12.2. The molecule has 0 aliphatic carbocycles. The number of hydrogen-bond donors (Lipinski definition) is 3. The first kappa shape index (κ1) is 34.1. The first-order valence-electron chi connectivity index (χ1n) is 15.2. The number of benzene rings is 2. The van der Waals surface area contributed by atoms with Gasteiger partial charge in [-0.25, -0.2) is 4.79 Å². The number of aliphatic carboxylic acids is 1. The van der Waals surface area contributed by atoms with Crippen LogP contribution >= 0.6 is 0 Å². The van der Waals surface area contributed by atoms with Crippen molar-refractivity contribution in [3.8, 4) is 0 Å². The SMILES string of the molecule is Cc1ccn(CCCCC(C)C)c(=O)c1NC(=O)C(CCc1ccc(C(C)(C)C(=O)O)cc1)NC(=O)OCc1ccccc1. The third kappa shape index (κ3) is 9.82. The van der Waals surface area contributed by atoms with Crippen LogP contribution in [0.2, 0.25) is 0 Å². The van der Waals surface area contributed by atoms with Crippen LogP contribution in [-0.2, 0) is 39.3 Å². The summed E-state index contributed by atoms with van der Waals surface area (Å²) in [6, 6.07) is 17.2. The standard InChI is InChI=1S/C35H45N3O6/c1-24(2)11-9-10-21-38-22-20-25(3)30(32(38)40)37-31(39)29(36-34(43)44-23-27-12-7-6-8-13-27)19-16-26-14-17-28(18-15-26)35(4,5)33(41)42/h6-8,12-15,17-18,20,22,24,29H,9-11,16,19,21,23H2,1-5H3,(H,36,43)(H,37,39)(H,41,42). The Morgan fingerprint density at radius 1 is 0.932 bits per heavy atom. The molecule has 2 amide bonds.